The maximum Gasteiger partial charge on any atom is 2.00 e. The molecule has 6 heteroatoms. The molecule has 0 aromatic heterocycles. The molecule has 0 fully saturated rings. The summed E-state index contributed by atoms with van der Waals surface area (Å²) in [5.41, 5.74) is 0. The van der Waals surface area contributed by atoms with Gasteiger partial charge in [0.15, 0.2) is 12.6 Å². The third-order valence-corrected chi connectivity index (χ3v) is 6.09. The van der Waals surface area contributed by atoms with Crippen LogP contribution < -0.4 is 0 Å². The van der Waals surface area contributed by atoms with E-state index in [4.69, 9.17) is 18.9 Å². The Labute approximate surface area is 262 Å². The Bertz CT molecular complexity index is 319. The zero-order chi connectivity index (χ0) is 27.0. The van der Waals surface area contributed by atoms with E-state index in [1.165, 1.54) is 64.2 Å². The molecule has 0 saturated heterocycles. The Morgan fingerprint density at radius 1 is 0.421 bits per heavy atom. The number of rotatable bonds is 28. The van der Waals surface area contributed by atoms with Gasteiger partial charge in [0, 0.05) is 45.3 Å². The molecule has 0 aromatic carbocycles. The Hall–Kier alpha value is 0.957. The van der Waals surface area contributed by atoms with Crippen LogP contribution in [0.25, 0.3) is 0 Å². The van der Waals surface area contributed by atoms with Gasteiger partial charge in [0.05, 0.1) is 0 Å². The number of ether oxygens (including phenoxy) is 4. The molecule has 0 spiro atoms. The molecule has 0 aliphatic carbocycles. The van der Waals surface area contributed by atoms with Gasteiger partial charge in [0.25, 0.3) is 0 Å². The zero-order valence-electron chi connectivity index (χ0n) is 26.5. The molecule has 0 unspecified atom stereocenters. The summed E-state index contributed by atoms with van der Waals surface area (Å²) in [4.78, 5) is 0. The topological polar surface area (TPSA) is 36.9 Å². The molecule has 0 aromatic rings. The van der Waals surface area contributed by atoms with E-state index in [0.29, 0.717) is 0 Å². The summed E-state index contributed by atoms with van der Waals surface area (Å²) in [6, 6.07) is 0. The summed E-state index contributed by atoms with van der Waals surface area (Å²) in [6.45, 7) is 20.0. The summed E-state index contributed by atoms with van der Waals surface area (Å²) >= 11 is 0. The van der Waals surface area contributed by atoms with Gasteiger partial charge in [-0.05, 0) is 38.5 Å². The first kappa shape index (κ1) is 45.9. The standard InChI is InChI=1S/2C16H33O2.Cu.Li/c2*1-4-7-10-13-16(17-14-11-8-5-2)18-15-12-9-6-3;;/h2*16H,1,4-15H2,2-3H3;;/q2*-1;+2;. The fourth-order valence-electron chi connectivity index (χ4n) is 3.67. The van der Waals surface area contributed by atoms with E-state index in [9.17, 15) is 0 Å². The molecular weight excluding hydrogens is 519 g/mol. The summed E-state index contributed by atoms with van der Waals surface area (Å²) in [5.74, 6) is 0. The van der Waals surface area contributed by atoms with Crippen molar-refractivity contribution in [1.29, 1.82) is 0 Å². The first-order valence-electron chi connectivity index (χ1n) is 15.7. The monoisotopic (exact) mass is 584 g/mol. The summed E-state index contributed by atoms with van der Waals surface area (Å²) in [6.07, 6.45) is 23.4. The maximum atomic E-state index is 5.83. The van der Waals surface area contributed by atoms with Gasteiger partial charge < -0.3 is 32.8 Å². The van der Waals surface area contributed by atoms with E-state index in [1.807, 2.05) is 0 Å². The van der Waals surface area contributed by atoms with Gasteiger partial charge in [-0.25, -0.2) is 0 Å². The van der Waals surface area contributed by atoms with Gasteiger partial charge in [-0.3, -0.25) is 0 Å². The molecule has 0 saturated carbocycles. The van der Waals surface area contributed by atoms with Crippen molar-refractivity contribution in [1.82, 2.24) is 0 Å². The predicted octanol–water partition coefficient (Wildman–Crippen LogP) is 9.86. The minimum atomic E-state index is 0. The van der Waals surface area contributed by atoms with E-state index in [0.717, 1.165) is 90.6 Å². The molecule has 0 aliphatic heterocycles. The van der Waals surface area contributed by atoms with Gasteiger partial charge in [-0.2, -0.15) is 12.8 Å². The van der Waals surface area contributed by atoms with E-state index in [2.05, 4.69) is 41.5 Å². The SMILES string of the molecule is [CH2-]CCCCC(OCCCCC)OCCCCC.[CH2-]CCCCC(OCCCCC)OCCCCC.[Cu+2].[Li]. The normalized spacial score (nSPS) is 10.7. The molecule has 4 nitrogen and oxygen atoms in total. The van der Waals surface area contributed by atoms with Crippen molar-refractivity contribution in [3.63, 3.8) is 0 Å². The average Bonchev–Trinajstić information content (AvgIpc) is 2.89. The van der Waals surface area contributed by atoms with Crippen LogP contribution in [-0.4, -0.2) is 57.9 Å². The summed E-state index contributed by atoms with van der Waals surface area (Å²) in [7, 11) is 0. The second-order valence-corrected chi connectivity index (χ2v) is 9.87. The predicted molar refractivity (Wildman–Crippen MR) is 163 cm³/mol. The molecule has 0 atom stereocenters. The van der Waals surface area contributed by atoms with Crippen LogP contribution in [0.3, 0.4) is 0 Å². The molecule has 0 amide bonds. The van der Waals surface area contributed by atoms with Crippen LogP contribution in [0, 0.1) is 13.8 Å². The van der Waals surface area contributed by atoms with Crippen LogP contribution in [0.1, 0.15) is 156 Å². The number of hydrogen-bond acceptors (Lipinski definition) is 4. The number of hydrogen-bond donors (Lipinski definition) is 0. The van der Waals surface area contributed by atoms with Crippen molar-refractivity contribution < 1.29 is 36.0 Å². The van der Waals surface area contributed by atoms with Crippen molar-refractivity contribution in [2.24, 2.45) is 0 Å². The first-order chi connectivity index (χ1) is 17.7. The van der Waals surface area contributed by atoms with Crippen molar-refractivity contribution in [2.75, 3.05) is 26.4 Å². The van der Waals surface area contributed by atoms with E-state index in [-0.39, 0.29) is 48.5 Å². The van der Waals surface area contributed by atoms with E-state index < -0.39 is 0 Å². The van der Waals surface area contributed by atoms with Crippen molar-refractivity contribution in [3.8, 4) is 0 Å². The molecule has 230 valence electrons. The zero-order valence-corrected chi connectivity index (χ0v) is 27.4. The van der Waals surface area contributed by atoms with Gasteiger partial charge in [0.2, 0.25) is 0 Å². The Morgan fingerprint density at radius 3 is 0.895 bits per heavy atom. The first-order valence-corrected chi connectivity index (χ1v) is 15.7. The molecule has 0 N–H and O–H groups in total. The minimum absolute atomic E-state index is 0. The third-order valence-electron chi connectivity index (χ3n) is 6.09. The molecule has 2 radical (unpaired) electrons. The molecular formula is C32H66CuLiO4. The van der Waals surface area contributed by atoms with Crippen LogP contribution >= 0.6 is 0 Å². The van der Waals surface area contributed by atoms with E-state index >= 15 is 0 Å². The second kappa shape index (κ2) is 42.4. The van der Waals surface area contributed by atoms with Crippen LogP contribution in [0.2, 0.25) is 0 Å². The molecule has 0 bridgehead atoms. The smallest absolute Gasteiger partial charge is 0.353 e. The second-order valence-electron chi connectivity index (χ2n) is 9.87. The molecule has 0 rings (SSSR count). The van der Waals surface area contributed by atoms with Gasteiger partial charge in [-0.1, -0.05) is 105 Å². The fraction of sp³-hybridized carbons (Fsp3) is 0.938. The Balaban J connectivity index is -0.000000289. The third kappa shape index (κ3) is 39.1. The van der Waals surface area contributed by atoms with Crippen LogP contribution in [0.15, 0.2) is 0 Å². The minimum Gasteiger partial charge on any atom is -0.353 e. The Kier molecular flexibility index (Phi) is 51.3. The van der Waals surface area contributed by atoms with Crippen molar-refractivity contribution >= 4 is 18.9 Å². The molecule has 0 aliphatic rings. The average molecular weight is 585 g/mol. The van der Waals surface area contributed by atoms with Crippen molar-refractivity contribution in [2.45, 2.75) is 169 Å². The van der Waals surface area contributed by atoms with Gasteiger partial charge in [0.1, 0.15) is 0 Å². The van der Waals surface area contributed by atoms with E-state index in [1.54, 1.807) is 0 Å². The largest absolute Gasteiger partial charge is 2.00 e. The van der Waals surface area contributed by atoms with Crippen LogP contribution in [0.4, 0.5) is 0 Å². The Morgan fingerprint density at radius 2 is 0.684 bits per heavy atom. The quantitative estimate of drug-likeness (QED) is 0.0397. The molecule has 38 heavy (non-hydrogen) atoms. The van der Waals surface area contributed by atoms with Crippen LogP contribution in [0.5, 0.6) is 0 Å². The maximum absolute atomic E-state index is 5.83. The fourth-order valence-corrected chi connectivity index (χ4v) is 3.67. The molecule has 0 heterocycles. The van der Waals surface area contributed by atoms with Crippen molar-refractivity contribution in [3.05, 3.63) is 13.8 Å². The summed E-state index contributed by atoms with van der Waals surface area (Å²) in [5, 5.41) is 0. The van der Waals surface area contributed by atoms with Gasteiger partial charge in [-0.15, -0.1) is 0 Å². The summed E-state index contributed by atoms with van der Waals surface area (Å²) < 4.78 is 23.3. The number of unbranched alkanes of at least 4 members (excludes halogenated alkanes) is 12. The van der Waals surface area contributed by atoms with Crippen LogP contribution in [-0.2, 0) is 36.0 Å². The van der Waals surface area contributed by atoms with Gasteiger partial charge >= 0.3 is 17.1 Å².